The van der Waals surface area contributed by atoms with Crippen LogP contribution in [-0.4, -0.2) is 28.5 Å². The molecule has 2 aromatic carbocycles. The van der Waals surface area contributed by atoms with E-state index in [4.69, 9.17) is 9.47 Å². The zero-order valence-electron chi connectivity index (χ0n) is 15.5. The van der Waals surface area contributed by atoms with Gasteiger partial charge in [-0.3, -0.25) is 9.20 Å². The third-order valence-corrected chi connectivity index (χ3v) is 5.05. The molecule has 0 fully saturated rings. The summed E-state index contributed by atoms with van der Waals surface area (Å²) in [5.41, 5.74) is 2.61. The number of hydrogen-bond donors (Lipinski definition) is 1. The molecule has 6 nitrogen and oxygen atoms in total. The predicted octanol–water partition coefficient (Wildman–Crippen LogP) is 4.48. The Morgan fingerprint density at radius 1 is 1.11 bits per heavy atom. The minimum Gasteiger partial charge on any atom is -0.497 e. The molecule has 1 atom stereocenters. The average molecular weight is 393 g/mol. The van der Waals surface area contributed by atoms with Crippen molar-refractivity contribution in [2.75, 3.05) is 12.4 Å². The number of nitrogens with zero attached hydrogens (tertiary/aromatic N) is 2. The lowest BCUT2D eigenvalue weighted by Crippen LogP contribution is -2.30. The van der Waals surface area contributed by atoms with Gasteiger partial charge in [0.25, 0.3) is 5.91 Å². The van der Waals surface area contributed by atoms with E-state index in [1.54, 1.807) is 49.6 Å². The van der Waals surface area contributed by atoms with E-state index in [0.29, 0.717) is 11.4 Å². The highest BCUT2D eigenvalue weighted by Crippen LogP contribution is 2.23. The third kappa shape index (κ3) is 3.84. The molecule has 1 amide bonds. The zero-order chi connectivity index (χ0) is 19.5. The molecule has 0 aliphatic heterocycles. The average Bonchev–Trinajstić information content (AvgIpc) is 3.31. The van der Waals surface area contributed by atoms with Gasteiger partial charge in [0.15, 0.2) is 11.1 Å². The zero-order valence-corrected chi connectivity index (χ0v) is 16.3. The molecule has 0 saturated carbocycles. The highest BCUT2D eigenvalue weighted by atomic mass is 32.1. The summed E-state index contributed by atoms with van der Waals surface area (Å²) in [6, 6.07) is 14.7. The number of fused-ring (bicyclic) bond motifs is 1. The van der Waals surface area contributed by atoms with Gasteiger partial charge in [-0.15, -0.1) is 11.3 Å². The maximum Gasteiger partial charge on any atom is 0.265 e. The van der Waals surface area contributed by atoms with Crippen molar-refractivity contribution in [3.63, 3.8) is 0 Å². The number of amides is 1. The van der Waals surface area contributed by atoms with Crippen LogP contribution in [0.3, 0.4) is 0 Å². The van der Waals surface area contributed by atoms with Crippen LogP contribution in [0.15, 0.2) is 66.3 Å². The largest absolute Gasteiger partial charge is 0.497 e. The van der Waals surface area contributed by atoms with Crippen molar-refractivity contribution in [1.82, 2.24) is 9.38 Å². The van der Waals surface area contributed by atoms with Gasteiger partial charge >= 0.3 is 0 Å². The van der Waals surface area contributed by atoms with Gasteiger partial charge in [0.05, 0.1) is 12.8 Å². The lowest BCUT2D eigenvalue weighted by molar-refractivity contribution is -0.122. The number of methoxy groups -OCH3 is 1. The second-order valence-electron chi connectivity index (χ2n) is 6.22. The summed E-state index contributed by atoms with van der Waals surface area (Å²) in [6.45, 7) is 1.71. The maximum absolute atomic E-state index is 12.4. The molecule has 1 unspecified atom stereocenters. The SMILES string of the molecule is COc1ccc(OC(C)C(=O)Nc2ccc(-c3cn4ccsc4n3)cc2)cc1. The first-order valence-electron chi connectivity index (χ1n) is 8.76. The summed E-state index contributed by atoms with van der Waals surface area (Å²) >= 11 is 1.59. The lowest BCUT2D eigenvalue weighted by atomic mass is 10.1. The number of benzene rings is 2. The minimum atomic E-state index is -0.631. The fourth-order valence-corrected chi connectivity index (χ4v) is 3.45. The number of aromatic nitrogens is 2. The number of thiazole rings is 1. The normalized spacial score (nSPS) is 11.9. The smallest absolute Gasteiger partial charge is 0.265 e. The Hall–Kier alpha value is -3.32. The molecule has 7 heteroatoms. The first-order chi connectivity index (χ1) is 13.6. The monoisotopic (exact) mass is 393 g/mol. The molecule has 0 aliphatic rings. The summed E-state index contributed by atoms with van der Waals surface area (Å²) in [5.74, 6) is 1.13. The molecular weight excluding hydrogens is 374 g/mol. The quantitative estimate of drug-likeness (QED) is 0.525. The molecule has 4 rings (SSSR count). The first kappa shape index (κ1) is 18.1. The first-order valence-corrected chi connectivity index (χ1v) is 9.64. The van der Waals surface area contributed by atoms with Crippen LogP contribution >= 0.6 is 11.3 Å². The van der Waals surface area contributed by atoms with Crippen LogP contribution in [-0.2, 0) is 4.79 Å². The molecule has 0 aliphatic carbocycles. The molecule has 0 spiro atoms. The molecular formula is C21H19N3O3S. The summed E-state index contributed by atoms with van der Waals surface area (Å²) in [6.07, 6.45) is 3.34. The number of rotatable bonds is 6. The molecule has 1 N–H and O–H groups in total. The summed E-state index contributed by atoms with van der Waals surface area (Å²) < 4.78 is 12.8. The highest BCUT2D eigenvalue weighted by Gasteiger charge is 2.15. The van der Waals surface area contributed by atoms with E-state index >= 15 is 0 Å². The van der Waals surface area contributed by atoms with Crippen molar-refractivity contribution in [2.24, 2.45) is 0 Å². The Kier molecular flexibility index (Phi) is 4.99. The summed E-state index contributed by atoms with van der Waals surface area (Å²) in [4.78, 5) is 17.9. The molecule has 2 heterocycles. The van der Waals surface area contributed by atoms with Gasteiger partial charge in [0.2, 0.25) is 0 Å². The van der Waals surface area contributed by atoms with E-state index in [0.717, 1.165) is 22.0 Å². The standard InChI is InChI=1S/C21H19N3O3S/c1-14(27-18-9-7-17(26-2)8-10-18)20(25)22-16-5-3-15(4-6-16)19-13-24-11-12-28-21(24)23-19/h3-14H,1-2H3,(H,22,25). The van der Waals surface area contributed by atoms with Crippen LogP contribution in [0.5, 0.6) is 11.5 Å². The van der Waals surface area contributed by atoms with Crippen LogP contribution < -0.4 is 14.8 Å². The second kappa shape index (κ2) is 7.74. The van der Waals surface area contributed by atoms with E-state index in [9.17, 15) is 4.79 Å². The lowest BCUT2D eigenvalue weighted by Gasteiger charge is -2.15. The number of nitrogens with one attached hydrogen (secondary N) is 1. The Bertz CT molecular complexity index is 1060. The highest BCUT2D eigenvalue weighted by molar-refractivity contribution is 7.15. The van der Waals surface area contributed by atoms with Crippen LogP contribution in [0.25, 0.3) is 16.2 Å². The van der Waals surface area contributed by atoms with Gasteiger partial charge in [-0.05, 0) is 43.3 Å². The molecule has 142 valence electrons. The number of anilines is 1. The van der Waals surface area contributed by atoms with Crippen LogP contribution in [0.1, 0.15) is 6.92 Å². The molecule has 0 saturated heterocycles. The number of imidazole rings is 1. The summed E-state index contributed by atoms with van der Waals surface area (Å²) in [7, 11) is 1.60. The molecule has 28 heavy (non-hydrogen) atoms. The Balaban J connectivity index is 1.38. The predicted molar refractivity (Wildman–Crippen MR) is 110 cm³/mol. The number of carbonyl (C=O) groups is 1. The van der Waals surface area contributed by atoms with Crippen molar-refractivity contribution < 1.29 is 14.3 Å². The van der Waals surface area contributed by atoms with Gasteiger partial charge in [-0.25, -0.2) is 4.98 Å². The third-order valence-electron chi connectivity index (χ3n) is 4.28. The van der Waals surface area contributed by atoms with E-state index in [2.05, 4.69) is 10.3 Å². The maximum atomic E-state index is 12.4. The molecule has 4 aromatic rings. The molecule has 2 aromatic heterocycles. The number of hydrogen-bond acceptors (Lipinski definition) is 5. The van der Waals surface area contributed by atoms with E-state index in [1.165, 1.54) is 0 Å². The van der Waals surface area contributed by atoms with Crippen molar-refractivity contribution in [3.8, 4) is 22.8 Å². The fourth-order valence-electron chi connectivity index (χ4n) is 2.75. The van der Waals surface area contributed by atoms with Gasteiger partial charge in [-0.2, -0.15) is 0 Å². The van der Waals surface area contributed by atoms with E-state index in [-0.39, 0.29) is 5.91 Å². The van der Waals surface area contributed by atoms with Gasteiger partial charge < -0.3 is 14.8 Å². The molecule has 0 bridgehead atoms. The Morgan fingerprint density at radius 2 is 1.82 bits per heavy atom. The summed E-state index contributed by atoms with van der Waals surface area (Å²) in [5, 5.41) is 4.87. The van der Waals surface area contributed by atoms with Gasteiger partial charge in [0.1, 0.15) is 11.5 Å². The Labute approximate surface area is 166 Å². The Morgan fingerprint density at radius 3 is 2.50 bits per heavy atom. The number of carbonyl (C=O) groups excluding carboxylic acids is 1. The van der Waals surface area contributed by atoms with E-state index in [1.807, 2.05) is 46.4 Å². The van der Waals surface area contributed by atoms with Crippen molar-refractivity contribution in [1.29, 1.82) is 0 Å². The topological polar surface area (TPSA) is 64.9 Å². The van der Waals surface area contributed by atoms with Crippen LogP contribution in [0.2, 0.25) is 0 Å². The van der Waals surface area contributed by atoms with Crippen molar-refractivity contribution in [3.05, 3.63) is 66.3 Å². The van der Waals surface area contributed by atoms with Crippen molar-refractivity contribution >= 4 is 27.9 Å². The van der Waals surface area contributed by atoms with Crippen LogP contribution in [0, 0.1) is 0 Å². The number of ether oxygens (including phenoxy) is 2. The van der Waals surface area contributed by atoms with E-state index < -0.39 is 6.10 Å². The van der Waals surface area contributed by atoms with Gasteiger partial charge in [-0.1, -0.05) is 12.1 Å². The van der Waals surface area contributed by atoms with Crippen LogP contribution in [0.4, 0.5) is 5.69 Å². The fraction of sp³-hybridized carbons (Fsp3) is 0.143. The second-order valence-corrected chi connectivity index (χ2v) is 7.09. The molecule has 0 radical (unpaired) electrons. The van der Waals surface area contributed by atoms with Crippen molar-refractivity contribution in [2.45, 2.75) is 13.0 Å². The minimum absolute atomic E-state index is 0.217. The van der Waals surface area contributed by atoms with Gasteiger partial charge in [0, 0.05) is 29.0 Å².